The molecule has 0 spiro atoms. The van der Waals surface area contributed by atoms with Gasteiger partial charge in [0.1, 0.15) is 5.75 Å². The zero-order chi connectivity index (χ0) is 11.8. The zero-order valence-corrected chi connectivity index (χ0v) is 9.04. The number of aromatic hydroxyl groups is 1. The van der Waals surface area contributed by atoms with Crippen LogP contribution in [0.25, 0.3) is 16.9 Å². The molecule has 0 aliphatic rings. The van der Waals surface area contributed by atoms with Crippen LogP contribution in [0.15, 0.2) is 48.8 Å². The van der Waals surface area contributed by atoms with Crippen molar-refractivity contribution in [3.8, 4) is 17.0 Å². The SMILES string of the molecule is Nc1cccn2cc(-c3ccccc3O)nc12. The van der Waals surface area contributed by atoms with Crippen molar-refractivity contribution < 1.29 is 5.11 Å². The minimum Gasteiger partial charge on any atom is -0.507 e. The van der Waals surface area contributed by atoms with E-state index in [0.29, 0.717) is 22.6 Å². The molecule has 3 rings (SSSR count). The first kappa shape index (κ1) is 9.72. The maximum atomic E-state index is 9.78. The summed E-state index contributed by atoms with van der Waals surface area (Å²) in [7, 11) is 0. The first-order valence-electron chi connectivity index (χ1n) is 5.27. The van der Waals surface area contributed by atoms with E-state index in [0.717, 1.165) is 0 Å². The van der Waals surface area contributed by atoms with Crippen molar-refractivity contribution in [2.75, 3.05) is 5.73 Å². The topological polar surface area (TPSA) is 63.5 Å². The zero-order valence-electron chi connectivity index (χ0n) is 9.04. The Labute approximate surface area is 98.0 Å². The van der Waals surface area contributed by atoms with Gasteiger partial charge < -0.3 is 15.2 Å². The predicted octanol–water partition coefficient (Wildman–Crippen LogP) is 2.29. The van der Waals surface area contributed by atoms with E-state index >= 15 is 0 Å². The van der Waals surface area contributed by atoms with Crippen LogP contribution in [0.4, 0.5) is 5.69 Å². The summed E-state index contributed by atoms with van der Waals surface area (Å²) < 4.78 is 1.84. The Bertz CT molecular complexity index is 688. The second-order valence-electron chi connectivity index (χ2n) is 3.84. The molecule has 3 N–H and O–H groups in total. The lowest BCUT2D eigenvalue weighted by atomic mass is 10.1. The van der Waals surface area contributed by atoms with Crippen LogP contribution in [-0.2, 0) is 0 Å². The minimum atomic E-state index is 0.217. The molecule has 0 saturated heterocycles. The van der Waals surface area contributed by atoms with Crippen LogP contribution in [0, 0.1) is 0 Å². The molecule has 0 bridgehead atoms. The van der Waals surface area contributed by atoms with Crippen molar-refractivity contribution in [2.24, 2.45) is 0 Å². The van der Waals surface area contributed by atoms with Gasteiger partial charge in [0.25, 0.3) is 0 Å². The molecule has 0 radical (unpaired) electrons. The molecule has 0 atom stereocenters. The van der Waals surface area contributed by atoms with Crippen LogP contribution in [0.3, 0.4) is 0 Å². The standard InChI is InChI=1S/C13H11N3O/c14-10-5-3-7-16-8-11(15-13(10)16)9-4-1-2-6-12(9)17/h1-8,17H,14H2. The normalized spacial score (nSPS) is 10.8. The van der Waals surface area contributed by atoms with Crippen molar-refractivity contribution in [1.82, 2.24) is 9.38 Å². The van der Waals surface area contributed by atoms with Crippen LogP contribution in [0.5, 0.6) is 5.75 Å². The van der Waals surface area contributed by atoms with E-state index in [4.69, 9.17) is 5.73 Å². The summed E-state index contributed by atoms with van der Waals surface area (Å²) in [5, 5.41) is 9.78. The predicted molar refractivity (Wildman–Crippen MR) is 66.7 cm³/mol. The molecule has 0 aliphatic carbocycles. The van der Waals surface area contributed by atoms with Crippen LogP contribution in [0.2, 0.25) is 0 Å². The molecule has 0 aliphatic heterocycles. The molecule has 0 fully saturated rings. The van der Waals surface area contributed by atoms with Crippen molar-refractivity contribution in [3.05, 3.63) is 48.8 Å². The average Bonchev–Trinajstić information content (AvgIpc) is 2.75. The molecule has 2 heterocycles. The number of hydrogen-bond donors (Lipinski definition) is 2. The molecule has 4 heteroatoms. The van der Waals surface area contributed by atoms with Gasteiger partial charge in [-0.1, -0.05) is 12.1 Å². The summed E-state index contributed by atoms with van der Waals surface area (Å²) in [5.74, 6) is 0.217. The van der Waals surface area contributed by atoms with Gasteiger partial charge in [0.2, 0.25) is 0 Å². The van der Waals surface area contributed by atoms with Gasteiger partial charge in [-0.05, 0) is 24.3 Å². The van der Waals surface area contributed by atoms with Crippen LogP contribution < -0.4 is 5.73 Å². The van der Waals surface area contributed by atoms with Crippen LogP contribution in [-0.4, -0.2) is 14.5 Å². The Morgan fingerprint density at radius 3 is 2.71 bits per heavy atom. The third-order valence-corrected chi connectivity index (χ3v) is 2.69. The maximum absolute atomic E-state index is 9.78. The van der Waals surface area contributed by atoms with Gasteiger partial charge in [-0.2, -0.15) is 0 Å². The first-order valence-corrected chi connectivity index (χ1v) is 5.27. The largest absolute Gasteiger partial charge is 0.507 e. The monoisotopic (exact) mass is 225 g/mol. The molecule has 1 aromatic carbocycles. The summed E-state index contributed by atoms with van der Waals surface area (Å²) in [6, 6.07) is 10.8. The first-order chi connectivity index (χ1) is 8.25. The third-order valence-electron chi connectivity index (χ3n) is 2.69. The number of phenolic OH excluding ortho intramolecular Hbond substituents is 1. The van der Waals surface area contributed by atoms with Crippen molar-refractivity contribution in [1.29, 1.82) is 0 Å². The lowest BCUT2D eigenvalue weighted by molar-refractivity contribution is 0.477. The number of para-hydroxylation sites is 1. The van der Waals surface area contributed by atoms with Crippen molar-refractivity contribution in [2.45, 2.75) is 0 Å². The quantitative estimate of drug-likeness (QED) is 0.667. The Hall–Kier alpha value is -2.49. The number of nitrogen functional groups attached to an aromatic ring is 1. The van der Waals surface area contributed by atoms with Gasteiger partial charge in [0.05, 0.1) is 11.4 Å². The van der Waals surface area contributed by atoms with Crippen LogP contribution in [0.1, 0.15) is 0 Å². The summed E-state index contributed by atoms with van der Waals surface area (Å²) in [5.41, 5.74) is 8.57. The van der Waals surface area contributed by atoms with Crippen molar-refractivity contribution in [3.63, 3.8) is 0 Å². The molecule has 17 heavy (non-hydrogen) atoms. The number of anilines is 1. The number of imidazole rings is 1. The fourth-order valence-corrected chi connectivity index (χ4v) is 1.85. The number of fused-ring (bicyclic) bond motifs is 1. The fraction of sp³-hybridized carbons (Fsp3) is 0. The van der Waals surface area contributed by atoms with E-state index in [9.17, 15) is 5.11 Å². The molecular weight excluding hydrogens is 214 g/mol. The highest BCUT2D eigenvalue weighted by atomic mass is 16.3. The lowest BCUT2D eigenvalue weighted by Gasteiger charge is -1.98. The van der Waals surface area contributed by atoms with Gasteiger partial charge >= 0.3 is 0 Å². The molecule has 4 nitrogen and oxygen atoms in total. The number of phenols is 1. The van der Waals surface area contributed by atoms with E-state index in [-0.39, 0.29) is 5.75 Å². The summed E-state index contributed by atoms with van der Waals surface area (Å²) >= 11 is 0. The summed E-state index contributed by atoms with van der Waals surface area (Å²) in [6.45, 7) is 0. The van der Waals surface area contributed by atoms with Gasteiger partial charge in [0.15, 0.2) is 5.65 Å². The number of aromatic nitrogens is 2. The molecule has 0 amide bonds. The number of nitrogens with two attached hydrogens (primary N) is 1. The number of nitrogens with zero attached hydrogens (tertiary/aromatic N) is 2. The molecule has 2 aromatic heterocycles. The summed E-state index contributed by atoms with van der Waals surface area (Å²) in [4.78, 5) is 4.42. The highest BCUT2D eigenvalue weighted by molar-refractivity contribution is 5.73. The molecule has 84 valence electrons. The fourth-order valence-electron chi connectivity index (χ4n) is 1.85. The van der Waals surface area contributed by atoms with E-state index in [2.05, 4.69) is 4.98 Å². The highest BCUT2D eigenvalue weighted by Gasteiger charge is 2.09. The smallest absolute Gasteiger partial charge is 0.160 e. The second-order valence-corrected chi connectivity index (χ2v) is 3.84. The van der Waals surface area contributed by atoms with E-state index in [1.807, 2.05) is 35.0 Å². The maximum Gasteiger partial charge on any atom is 0.160 e. The number of pyridine rings is 1. The van der Waals surface area contributed by atoms with Crippen molar-refractivity contribution >= 4 is 11.3 Å². The summed E-state index contributed by atoms with van der Waals surface area (Å²) in [6.07, 6.45) is 3.73. The van der Waals surface area contributed by atoms with Crippen LogP contribution >= 0.6 is 0 Å². The van der Waals surface area contributed by atoms with Gasteiger partial charge in [-0.15, -0.1) is 0 Å². The Kier molecular flexibility index (Phi) is 2.01. The number of hydrogen-bond acceptors (Lipinski definition) is 3. The Morgan fingerprint density at radius 2 is 1.94 bits per heavy atom. The minimum absolute atomic E-state index is 0.217. The van der Waals surface area contributed by atoms with Gasteiger partial charge in [0, 0.05) is 18.0 Å². The third kappa shape index (κ3) is 1.50. The lowest BCUT2D eigenvalue weighted by Crippen LogP contribution is -1.90. The number of benzene rings is 1. The molecule has 0 unspecified atom stereocenters. The second kappa shape index (κ2) is 3.52. The van der Waals surface area contributed by atoms with Gasteiger partial charge in [-0.3, -0.25) is 0 Å². The Morgan fingerprint density at radius 1 is 1.12 bits per heavy atom. The van der Waals surface area contributed by atoms with Gasteiger partial charge in [-0.25, -0.2) is 4.98 Å². The molecule has 3 aromatic rings. The molecule has 0 saturated carbocycles. The Balaban J connectivity index is 2.26. The average molecular weight is 225 g/mol. The number of rotatable bonds is 1. The van der Waals surface area contributed by atoms with E-state index in [1.54, 1.807) is 18.2 Å². The van der Waals surface area contributed by atoms with E-state index in [1.165, 1.54) is 0 Å². The molecular formula is C13H11N3O. The van der Waals surface area contributed by atoms with E-state index < -0.39 is 0 Å². The highest BCUT2D eigenvalue weighted by Crippen LogP contribution is 2.28.